The lowest BCUT2D eigenvalue weighted by molar-refractivity contribution is -0.128. The molecule has 1 fully saturated rings. The average molecular weight is 308 g/mol. The van der Waals surface area contributed by atoms with Gasteiger partial charge in [-0.3, -0.25) is 4.79 Å². The van der Waals surface area contributed by atoms with E-state index in [-0.39, 0.29) is 11.7 Å². The molecule has 1 aliphatic carbocycles. The van der Waals surface area contributed by atoms with E-state index < -0.39 is 5.41 Å². The Hall–Kier alpha value is -1.49. The van der Waals surface area contributed by atoms with Gasteiger partial charge in [0, 0.05) is 6.54 Å². The van der Waals surface area contributed by atoms with Gasteiger partial charge in [0.15, 0.2) is 0 Å². The predicted octanol–water partition coefficient (Wildman–Crippen LogP) is 2.72. The van der Waals surface area contributed by atoms with Gasteiger partial charge in [-0.05, 0) is 37.0 Å². The lowest BCUT2D eigenvalue weighted by Gasteiger charge is -2.34. The number of rotatable bonds is 5. The van der Waals surface area contributed by atoms with E-state index in [1.54, 1.807) is 6.07 Å². The number of hydrogen-bond donors (Lipinski definition) is 2. The van der Waals surface area contributed by atoms with Gasteiger partial charge in [0.2, 0.25) is 5.91 Å². The first kappa shape index (κ1) is 15.9. The Morgan fingerprint density at radius 3 is 2.67 bits per heavy atom. The van der Waals surface area contributed by atoms with Crippen molar-refractivity contribution in [3.63, 3.8) is 0 Å². The maximum absolute atomic E-state index is 13.1. The number of amides is 1. The van der Waals surface area contributed by atoms with Crippen LogP contribution in [-0.4, -0.2) is 17.4 Å². The van der Waals surface area contributed by atoms with Crippen LogP contribution in [0.5, 0.6) is 0 Å². The molecule has 3 nitrogen and oxygen atoms in total. The summed E-state index contributed by atoms with van der Waals surface area (Å²) in [6.45, 7) is 0.465. The molecule has 0 unspecified atom stereocenters. The predicted molar refractivity (Wildman–Crippen MR) is 85.4 cm³/mol. The summed E-state index contributed by atoms with van der Waals surface area (Å²) in [4.78, 5) is 12.8. The average Bonchev–Trinajstić information content (AvgIpc) is 2.47. The van der Waals surface area contributed by atoms with Crippen molar-refractivity contribution in [2.75, 3.05) is 6.54 Å². The van der Waals surface area contributed by atoms with Crippen LogP contribution in [0.4, 0.5) is 4.39 Å². The number of hydrogen-bond acceptors (Lipinski definition) is 2. The van der Waals surface area contributed by atoms with Crippen LogP contribution in [0.25, 0.3) is 0 Å². The second-order valence-corrected chi connectivity index (χ2v) is 6.08. The van der Waals surface area contributed by atoms with Gasteiger partial charge < -0.3 is 11.1 Å². The van der Waals surface area contributed by atoms with Crippen LogP contribution in [-0.2, 0) is 11.2 Å². The highest BCUT2D eigenvalue weighted by Crippen LogP contribution is 2.36. The number of nitrogens with two attached hydrogens (primary N) is 1. The minimum absolute atomic E-state index is 0.0777. The fraction of sp³-hybridized carbons (Fsp3) is 0.500. The summed E-state index contributed by atoms with van der Waals surface area (Å²) >= 11 is 5.13. The Morgan fingerprint density at radius 1 is 1.33 bits per heavy atom. The van der Waals surface area contributed by atoms with E-state index in [1.807, 2.05) is 6.07 Å². The molecule has 0 heterocycles. The van der Waals surface area contributed by atoms with Gasteiger partial charge in [-0.2, -0.15) is 0 Å². The largest absolute Gasteiger partial charge is 0.392 e. The highest BCUT2D eigenvalue weighted by atomic mass is 32.1. The van der Waals surface area contributed by atoms with Crippen molar-refractivity contribution in [3.8, 4) is 0 Å². The number of carbonyl (C=O) groups excluding carboxylic acids is 1. The van der Waals surface area contributed by atoms with Gasteiger partial charge in [-0.25, -0.2) is 4.39 Å². The fourth-order valence-electron chi connectivity index (χ4n) is 2.92. The Morgan fingerprint density at radius 2 is 2.05 bits per heavy atom. The summed E-state index contributed by atoms with van der Waals surface area (Å²) in [5.74, 6) is -0.336. The SMILES string of the molecule is NC(=S)C1(C(=O)NCCc2cccc(F)c2)CCCCC1. The van der Waals surface area contributed by atoms with Crippen LogP contribution < -0.4 is 11.1 Å². The standard InChI is InChI=1S/C16H21FN2OS/c17-13-6-4-5-12(11-13)7-10-19-15(20)16(14(18)21)8-2-1-3-9-16/h4-6,11H,1-3,7-10H2,(H2,18,21)(H,19,20). The zero-order valence-electron chi connectivity index (χ0n) is 12.0. The van der Waals surface area contributed by atoms with Gasteiger partial charge >= 0.3 is 0 Å². The van der Waals surface area contributed by atoms with Crippen LogP contribution in [0.15, 0.2) is 24.3 Å². The van der Waals surface area contributed by atoms with Crippen molar-refractivity contribution < 1.29 is 9.18 Å². The van der Waals surface area contributed by atoms with Gasteiger partial charge in [-0.1, -0.05) is 43.6 Å². The Bertz CT molecular complexity index is 527. The summed E-state index contributed by atoms with van der Waals surface area (Å²) < 4.78 is 13.1. The van der Waals surface area contributed by atoms with E-state index in [0.717, 1.165) is 37.7 Å². The maximum atomic E-state index is 13.1. The molecule has 1 aromatic carbocycles. The Kier molecular flexibility index (Phi) is 5.28. The summed E-state index contributed by atoms with van der Waals surface area (Å²) in [6, 6.07) is 6.41. The Labute approximate surface area is 130 Å². The topological polar surface area (TPSA) is 55.1 Å². The maximum Gasteiger partial charge on any atom is 0.233 e. The highest BCUT2D eigenvalue weighted by Gasteiger charge is 2.42. The minimum Gasteiger partial charge on any atom is -0.392 e. The molecule has 0 saturated heterocycles. The third-order valence-electron chi connectivity index (χ3n) is 4.20. The van der Waals surface area contributed by atoms with Crippen LogP contribution >= 0.6 is 12.2 Å². The summed E-state index contributed by atoms with van der Waals surface area (Å²) in [7, 11) is 0. The molecule has 0 aromatic heterocycles. The molecule has 1 saturated carbocycles. The van der Waals surface area contributed by atoms with Crippen LogP contribution in [0.3, 0.4) is 0 Å². The molecule has 1 aromatic rings. The molecule has 114 valence electrons. The molecule has 5 heteroatoms. The highest BCUT2D eigenvalue weighted by molar-refractivity contribution is 7.80. The Balaban J connectivity index is 1.92. The van der Waals surface area contributed by atoms with E-state index in [2.05, 4.69) is 5.32 Å². The third kappa shape index (κ3) is 3.79. The van der Waals surface area contributed by atoms with E-state index in [1.165, 1.54) is 12.1 Å². The first-order valence-electron chi connectivity index (χ1n) is 7.37. The molecule has 21 heavy (non-hydrogen) atoms. The lowest BCUT2D eigenvalue weighted by Crippen LogP contribution is -2.50. The van der Waals surface area contributed by atoms with Crippen LogP contribution in [0.2, 0.25) is 0 Å². The van der Waals surface area contributed by atoms with Crippen LogP contribution in [0, 0.1) is 11.2 Å². The van der Waals surface area contributed by atoms with Crippen molar-refractivity contribution in [2.45, 2.75) is 38.5 Å². The smallest absolute Gasteiger partial charge is 0.233 e. The number of thiocarbonyl (C=S) groups is 1. The third-order valence-corrected chi connectivity index (χ3v) is 4.59. The first-order chi connectivity index (χ1) is 10.0. The number of benzene rings is 1. The zero-order chi connectivity index (χ0) is 15.3. The zero-order valence-corrected chi connectivity index (χ0v) is 12.8. The van der Waals surface area contributed by atoms with Crippen molar-refractivity contribution in [3.05, 3.63) is 35.6 Å². The molecule has 3 N–H and O–H groups in total. The first-order valence-corrected chi connectivity index (χ1v) is 7.78. The van der Waals surface area contributed by atoms with Gasteiger partial charge in [-0.15, -0.1) is 0 Å². The van der Waals surface area contributed by atoms with Crippen molar-refractivity contribution >= 4 is 23.1 Å². The molecular weight excluding hydrogens is 287 g/mol. The summed E-state index contributed by atoms with van der Waals surface area (Å²) in [6.07, 6.45) is 5.14. The second kappa shape index (κ2) is 6.98. The van der Waals surface area contributed by atoms with E-state index in [9.17, 15) is 9.18 Å². The molecule has 0 spiro atoms. The lowest BCUT2D eigenvalue weighted by atomic mass is 9.73. The van der Waals surface area contributed by atoms with Crippen molar-refractivity contribution in [1.29, 1.82) is 0 Å². The van der Waals surface area contributed by atoms with E-state index in [4.69, 9.17) is 18.0 Å². The summed E-state index contributed by atoms with van der Waals surface area (Å²) in [5, 5.41) is 2.91. The monoisotopic (exact) mass is 308 g/mol. The number of halogens is 1. The normalized spacial score (nSPS) is 17.2. The molecular formula is C16H21FN2OS. The number of carbonyl (C=O) groups is 1. The molecule has 2 rings (SSSR count). The molecule has 1 amide bonds. The van der Waals surface area contributed by atoms with Gasteiger partial charge in [0.05, 0.1) is 10.4 Å². The van der Waals surface area contributed by atoms with Crippen LogP contribution in [0.1, 0.15) is 37.7 Å². The van der Waals surface area contributed by atoms with E-state index in [0.29, 0.717) is 18.0 Å². The van der Waals surface area contributed by atoms with Gasteiger partial charge in [0.25, 0.3) is 0 Å². The molecule has 0 aliphatic heterocycles. The van der Waals surface area contributed by atoms with Crippen molar-refractivity contribution in [2.24, 2.45) is 11.1 Å². The molecule has 1 aliphatic rings. The van der Waals surface area contributed by atoms with Crippen molar-refractivity contribution in [1.82, 2.24) is 5.32 Å². The minimum atomic E-state index is -0.685. The molecule has 0 bridgehead atoms. The summed E-state index contributed by atoms with van der Waals surface area (Å²) in [5.41, 5.74) is 6.01. The molecule has 0 radical (unpaired) electrons. The molecule has 0 atom stereocenters. The fourth-order valence-corrected chi connectivity index (χ4v) is 3.22. The quantitative estimate of drug-likeness (QED) is 0.822. The van der Waals surface area contributed by atoms with E-state index >= 15 is 0 Å². The number of nitrogens with one attached hydrogen (secondary N) is 1. The second-order valence-electron chi connectivity index (χ2n) is 5.64. The van der Waals surface area contributed by atoms with Gasteiger partial charge in [0.1, 0.15) is 5.82 Å².